The van der Waals surface area contributed by atoms with Crippen molar-refractivity contribution >= 4 is 11.7 Å². The number of pyridine rings is 1. The zero-order valence-electron chi connectivity index (χ0n) is 15.1. The molecule has 0 bridgehead atoms. The van der Waals surface area contributed by atoms with Crippen molar-refractivity contribution < 1.29 is 9.53 Å². The second kappa shape index (κ2) is 7.76. The highest BCUT2D eigenvalue weighted by molar-refractivity contribution is 5.95. The number of hydrogen-bond donors (Lipinski definition) is 1. The first kappa shape index (κ1) is 17.5. The Morgan fingerprint density at radius 2 is 2.19 bits per heavy atom. The van der Waals surface area contributed by atoms with Gasteiger partial charge < -0.3 is 15.0 Å². The molecule has 1 atom stereocenters. The van der Waals surface area contributed by atoms with Crippen molar-refractivity contribution in [2.24, 2.45) is 5.92 Å². The summed E-state index contributed by atoms with van der Waals surface area (Å²) in [6.07, 6.45) is 3.50. The number of nitriles is 1. The summed E-state index contributed by atoms with van der Waals surface area (Å²) in [5.41, 5.74) is 2.13. The molecule has 0 saturated carbocycles. The maximum atomic E-state index is 12.9. The number of anilines is 1. The Balaban J connectivity index is 1.42. The van der Waals surface area contributed by atoms with Crippen LogP contribution in [0.15, 0.2) is 24.4 Å². The van der Waals surface area contributed by atoms with Gasteiger partial charge in [-0.3, -0.25) is 9.48 Å². The normalized spacial score (nSPS) is 19.2. The minimum atomic E-state index is 0.0524. The second-order valence-electron chi connectivity index (χ2n) is 6.89. The van der Waals surface area contributed by atoms with Crippen LogP contribution in [0.25, 0.3) is 0 Å². The van der Waals surface area contributed by atoms with Crippen LogP contribution in [0, 0.1) is 17.2 Å². The molecule has 1 saturated heterocycles. The van der Waals surface area contributed by atoms with Crippen LogP contribution in [0.4, 0.5) is 5.82 Å². The Bertz CT molecular complexity index is 865. The molecule has 4 heterocycles. The van der Waals surface area contributed by atoms with Gasteiger partial charge in [0.15, 0.2) is 0 Å². The molecule has 27 heavy (non-hydrogen) atoms. The number of nitrogens with one attached hydrogen (secondary N) is 1. The number of morpholine rings is 1. The van der Waals surface area contributed by atoms with Gasteiger partial charge in [0.05, 0.1) is 30.7 Å². The molecule has 1 amide bonds. The first-order chi connectivity index (χ1) is 13.2. The standard InChI is InChI=1S/C19H22N6O2/c20-11-15-2-1-3-18(23-15)21-12-14-4-5-25-17(10-14)16(13-22-25)19(26)24-6-8-27-9-7-24/h1-3,13-14H,4-10,12H2,(H,21,23). The molecule has 0 aromatic carbocycles. The number of carbonyl (C=O) groups excluding carboxylic acids is 1. The predicted molar refractivity (Wildman–Crippen MR) is 98.2 cm³/mol. The summed E-state index contributed by atoms with van der Waals surface area (Å²) in [5.74, 6) is 1.15. The Kier molecular flexibility index (Phi) is 5.03. The number of aryl methyl sites for hydroxylation is 1. The number of fused-ring (bicyclic) bond motifs is 1. The van der Waals surface area contributed by atoms with Crippen LogP contribution < -0.4 is 5.32 Å². The third-order valence-corrected chi connectivity index (χ3v) is 5.14. The number of ether oxygens (including phenoxy) is 1. The summed E-state index contributed by atoms with van der Waals surface area (Å²) in [7, 11) is 0. The van der Waals surface area contributed by atoms with E-state index in [1.807, 2.05) is 21.7 Å². The molecule has 8 nitrogen and oxygen atoms in total. The molecule has 2 aromatic heterocycles. The van der Waals surface area contributed by atoms with Gasteiger partial charge in [-0.05, 0) is 30.9 Å². The Labute approximate surface area is 157 Å². The van der Waals surface area contributed by atoms with Crippen molar-refractivity contribution in [3.05, 3.63) is 41.3 Å². The lowest BCUT2D eigenvalue weighted by molar-refractivity contribution is 0.0301. The highest BCUT2D eigenvalue weighted by Gasteiger charge is 2.28. The SMILES string of the molecule is N#Cc1cccc(NCC2CCn3ncc(C(=O)N4CCOCC4)c3C2)n1. The molecule has 140 valence electrons. The Morgan fingerprint density at radius 1 is 1.33 bits per heavy atom. The minimum absolute atomic E-state index is 0.0524. The number of aromatic nitrogens is 3. The zero-order chi connectivity index (χ0) is 18.6. The molecule has 0 spiro atoms. The smallest absolute Gasteiger partial charge is 0.257 e. The van der Waals surface area contributed by atoms with E-state index in [0.29, 0.717) is 49.3 Å². The molecular formula is C19H22N6O2. The van der Waals surface area contributed by atoms with E-state index >= 15 is 0 Å². The van der Waals surface area contributed by atoms with E-state index in [4.69, 9.17) is 10.00 Å². The summed E-state index contributed by atoms with van der Waals surface area (Å²) in [4.78, 5) is 19.0. The molecule has 2 aliphatic heterocycles. The highest BCUT2D eigenvalue weighted by Crippen LogP contribution is 2.24. The van der Waals surface area contributed by atoms with Crippen molar-refractivity contribution in [2.45, 2.75) is 19.4 Å². The van der Waals surface area contributed by atoms with Gasteiger partial charge in [-0.15, -0.1) is 0 Å². The average molecular weight is 366 g/mol. The quantitative estimate of drug-likeness (QED) is 0.876. The molecule has 1 N–H and O–H groups in total. The average Bonchev–Trinajstić information content (AvgIpc) is 3.15. The molecule has 8 heteroatoms. The summed E-state index contributed by atoms with van der Waals surface area (Å²) >= 11 is 0. The molecule has 0 aliphatic carbocycles. The third-order valence-electron chi connectivity index (χ3n) is 5.14. The topological polar surface area (TPSA) is 96.1 Å². The maximum absolute atomic E-state index is 12.9. The fourth-order valence-corrected chi connectivity index (χ4v) is 3.63. The first-order valence-corrected chi connectivity index (χ1v) is 9.27. The lowest BCUT2D eigenvalue weighted by Gasteiger charge is -2.28. The maximum Gasteiger partial charge on any atom is 0.257 e. The van der Waals surface area contributed by atoms with E-state index in [-0.39, 0.29) is 5.91 Å². The molecule has 4 rings (SSSR count). The Morgan fingerprint density at radius 3 is 3.00 bits per heavy atom. The summed E-state index contributed by atoms with van der Waals surface area (Å²) in [6.45, 7) is 4.01. The van der Waals surface area contributed by atoms with Crippen molar-refractivity contribution in [1.82, 2.24) is 19.7 Å². The van der Waals surface area contributed by atoms with Crippen molar-refractivity contribution in [2.75, 3.05) is 38.2 Å². The van der Waals surface area contributed by atoms with Crippen molar-refractivity contribution in [3.63, 3.8) is 0 Å². The zero-order valence-corrected chi connectivity index (χ0v) is 15.1. The van der Waals surface area contributed by atoms with Crippen molar-refractivity contribution in [1.29, 1.82) is 5.26 Å². The number of carbonyl (C=O) groups is 1. The van der Waals surface area contributed by atoms with Gasteiger partial charge in [0, 0.05) is 26.2 Å². The van der Waals surface area contributed by atoms with Crippen LogP contribution in [0.5, 0.6) is 0 Å². The summed E-state index contributed by atoms with van der Waals surface area (Å²) in [6, 6.07) is 7.43. The Hall–Kier alpha value is -2.92. The number of amides is 1. The fraction of sp³-hybridized carbons (Fsp3) is 0.474. The van der Waals surface area contributed by atoms with Gasteiger partial charge in [0.1, 0.15) is 17.6 Å². The van der Waals surface area contributed by atoms with E-state index in [2.05, 4.69) is 21.5 Å². The van der Waals surface area contributed by atoms with E-state index < -0.39 is 0 Å². The fourth-order valence-electron chi connectivity index (χ4n) is 3.63. The van der Waals surface area contributed by atoms with E-state index in [0.717, 1.165) is 31.6 Å². The molecule has 1 unspecified atom stereocenters. The van der Waals surface area contributed by atoms with Crippen LogP contribution in [0.2, 0.25) is 0 Å². The van der Waals surface area contributed by atoms with Crippen LogP contribution in [-0.4, -0.2) is 58.4 Å². The van der Waals surface area contributed by atoms with Gasteiger partial charge >= 0.3 is 0 Å². The van der Waals surface area contributed by atoms with Crippen LogP contribution >= 0.6 is 0 Å². The molecule has 2 aliphatic rings. The second-order valence-corrected chi connectivity index (χ2v) is 6.89. The monoisotopic (exact) mass is 366 g/mol. The number of rotatable bonds is 4. The van der Waals surface area contributed by atoms with Crippen LogP contribution in [0.3, 0.4) is 0 Å². The lowest BCUT2D eigenvalue weighted by atomic mass is 9.94. The van der Waals surface area contributed by atoms with E-state index in [9.17, 15) is 4.79 Å². The van der Waals surface area contributed by atoms with Crippen LogP contribution in [0.1, 0.15) is 28.2 Å². The van der Waals surface area contributed by atoms with Crippen molar-refractivity contribution in [3.8, 4) is 6.07 Å². The largest absolute Gasteiger partial charge is 0.378 e. The number of hydrogen-bond acceptors (Lipinski definition) is 6. The summed E-state index contributed by atoms with van der Waals surface area (Å²) in [5, 5.41) is 16.7. The molecular weight excluding hydrogens is 344 g/mol. The third kappa shape index (κ3) is 3.78. The van der Waals surface area contributed by atoms with Gasteiger partial charge in [-0.1, -0.05) is 6.07 Å². The van der Waals surface area contributed by atoms with E-state index in [1.165, 1.54) is 0 Å². The molecule has 1 fully saturated rings. The van der Waals surface area contributed by atoms with Gasteiger partial charge in [-0.2, -0.15) is 10.4 Å². The minimum Gasteiger partial charge on any atom is -0.378 e. The van der Waals surface area contributed by atoms with Gasteiger partial charge in [0.2, 0.25) is 0 Å². The summed E-state index contributed by atoms with van der Waals surface area (Å²) < 4.78 is 7.30. The number of nitrogens with zero attached hydrogens (tertiary/aromatic N) is 5. The predicted octanol–water partition coefficient (Wildman–Crippen LogP) is 1.30. The molecule has 0 radical (unpaired) electrons. The lowest BCUT2D eigenvalue weighted by Crippen LogP contribution is -2.41. The van der Waals surface area contributed by atoms with E-state index in [1.54, 1.807) is 12.3 Å². The highest BCUT2D eigenvalue weighted by atomic mass is 16.5. The molecule has 2 aromatic rings. The van der Waals surface area contributed by atoms with Crippen LogP contribution in [-0.2, 0) is 17.7 Å². The van der Waals surface area contributed by atoms with Gasteiger partial charge in [-0.25, -0.2) is 4.98 Å². The van der Waals surface area contributed by atoms with Gasteiger partial charge in [0.25, 0.3) is 5.91 Å². The first-order valence-electron chi connectivity index (χ1n) is 9.27.